The summed E-state index contributed by atoms with van der Waals surface area (Å²) < 4.78 is 19.0. The predicted molar refractivity (Wildman–Crippen MR) is 80.7 cm³/mol. The van der Waals surface area contributed by atoms with Crippen molar-refractivity contribution in [1.29, 1.82) is 0 Å². The SMILES string of the molecule is CC(C)(C)OC(=O)NCCS(=O)c1cn2ccccc2n1. The molecule has 7 heteroatoms. The summed E-state index contributed by atoms with van der Waals surface area (Å²) in [6.07, 6.45) is 3.08. The van der Waals surface area contributed by atoms with Crippen LogP contribution in [0.25, 0.3) is 5.65 Å². The second kappa shape index (κ2) is 6.26. The maximum absolute atomic E-state index is 12.1. The Morgan fingerprint density at radius 1 is 1.43 bits per heavy atom. The van der Waals surface area contributed by atoms with Gasteiger partial charge >= 0.3 is 6.09 Å². The van der Waals surface area contributed by atoms with Crippen molar-refractivity contribution in [3.63, 3.8) is 0 Å². The summed E-state index contributed by atoms with van der Waals surface area (Å²) in [7, 11) is -1.26. The molecular weight excluding hydrogens is 290 g/mol. The third kappa shape index (κ3) is 4.56. The Morgan fingerprint density at radius 3 is 2.86 bits per heavy atom. The van der Waals surface area contributed by atoms with Crippen molar-refractivity contribution in [2.24, 2.45) is 0 Å². The Kier molecular flexibility index (Phi) is 4.62. The Balaban J connectivity index is 1.86. The number of alkyl carbamates (subject to hydrolysis) is 1. The quantitative estimate of drug-likeness (QED) is 0.937. The summed E-state index contributed by atoms with van der Waals surface area (Å²) in [5.74, 6) is 0.295. The van der Waals surface area contributed by atoms with E-state index < -0.39 is 22.5 Å². The highest BCUT2D eigenvalue weighted by atomic mass is 32.2. The molecule has 2 rings (SSSR count). The zero-order valence-corrected chi connectivity index (χ0v) is 13.1. The van der Waals surface area contributed by atoms with E-state index in [4.69, 9.17) is 4.74 Å². The highest BCUT2D eigenvalue weighted by Gasteiger charge is 2.16. The zero-order chi connectivity index (χ0) is 15.5. The first kappa shape index (κ1) is 15.5. The van der Waals surface area contributed by atoms with Gasteiger partial charge in [-0.3, -0.25) is 4.21 Å². The van der Waals surface area contributed by atoms with Crippen LogP contribution in [-0.4, -0.2) is 37.6 Å². The first-order valence-corrected chi connectivity index (χ1v) is 7.96. The molecule has 0 aliphatic heterocycles. The summed E-state index contributed by atoms with van der Waals surface area (Å²) in [5.41, 5.74) is 0.214. The minimum atomic E-state index is -1.26. The molecule has 2 aromatic heterocycles. The highest BCUT2D eigenvalue weighted by Crippen LogP contribution is 2.09. The average molecular weight is 309 g/mol. The lowest BCUT2D eigenvalue weighted by atomic mass is 10.2. The van der Waals surface area contributed by atoms with Gasteiger partial charge in [0.15, 0.2) is 0 Å². The van der Waals surface area contributed by atoms with E-state index in [0.29, 0.717) is 10.8 Å². The number of carbonyl (C=O) groups excluding carboxylic acids is 1. The lowest BCUT2D eigenvalue weighted by Crippen LogP contribution is -2.34. The number of hydrogen-bond acceptors (Lipinski definition) is 4. The molecule has 1 amide bonds. The smallest absolute Gasteiger partial charge is 0.407 e. The monoisotopic (exact) mass is 309 g/mol. The summed E-state index contributed by atoms with van der Waals surface area (Å²) >= 11 is 0. The van der Waals surface area contributed by atoms with Crippen molar-refractivity contribution in [3.8, 4) is 0 Å². The number of amides is 1. The molecule has 1 atom stereocenters. The van der Waals surface area contributed by atoms with E-state index in [1.54, 1.807) is 27.0 Å². The lowest BCUT2D eigenvalue weighted by molar-refractivity contribution is 0.0531. The molecular formula is C14H19N3O3S. The van der Waals surface area contributed by atoms with Crippen molar-refractivity contribution >= 4 is 22.5 Å². The molecule has 21 heavy (non-hydrogen) atoms. The minimum absolute atomic E-state index is 0.273. The summed E-state index contributed by atoms with van der Waals surface area (Å²) in [6.45, 7) is 5.65. The first-order valence-electron chi connectivity index (χ1n) is 6.64. The van der Waals surface area contributed by atoms with Gasteiger partial charge in [-0.2, -0.15) is 0 Å². The number of carbonyl (C=O) groups is 1. The maximum atomic E-state index is 12.1. The van der Waals surface area contributed by atoms with Crippen LogP contribution in [0.15, 0.2) is 35.6 Å². The standard InChI is InChI=1S/C14H19N3O3S/c1-14(2,3)20-13(18)15-7-9-21(19)12-10-17-8-5-4-6-11(17)16-12/h4-6,8,10H,7,9H2,1-3H3,(H,15,18). The minimum Gasteiger partial charge on any atom is -0.444 e. The van der Waals surface area contributed by atoms with E-state index in [0.717, 1.165) is 5.65 Å². The van der Waals surface area contributed by atoms with Gasteiger partial charge in [0.1, 0.15) is 16.3 Å². The lowest BCUT2D eigenvalue weighted by Gasteiger charge is -2.19. The van der Waals surface area contributed by atoms with Crippen LogP contribution in [-0.2, 0) is 15.5 Å². The predicted octanol–water partition coefficient (Wildman–Crippen LogP) is 1.97. The number of imidazole rings is 1. The molecule has 0 saturated heterocycles. The second-order valence-electron chi connectivity index (χ2n) is 5.52. The van der Waals surface area contributed by atoms with Gasteiger partial charge in [0.25, 0.3) is 0 Å². The van der Waals surface area contributed by atoms with Crippen molar-refractivity contribution in [3.05, 3.63) is 30.6 Å². The molecule has 1 unspecified atom stereocenters. The topological polar surface area (TPSA) is 72.7 Å². The molecule has 2 aromatic rings. The first-order chi connectivity index (χ1) is 9.85. The number of aromatic nitrogens is 2. The van der Waals surface area contributed by atoms with Crippen LogP contribution in [0, 0.1) is 0 Å². The largest absolute Gasteiger partial charge is 0.444 e. The molecule has 6 nitrogen and oxygen atoms in total. The van der Waals surface area contributed by atoms with E-state index >= 15 is 0 Å². The van der Waals surface area contributed by atoms with E-state index in [-0.39, 0.29) is 6.54 Å². The average Bonchev–Trinajstić information content (AvgIpc) is 2.80. The number of rotatable bonds is 4. The Morgan fingerprint density at radius 2 is 2.19 bits per heavy atom. The molecule has 0 aliphatic carbocycles. The van der Waals surface area contributed by atoms with Crippen molar-refractivity contribution in [2.45, 2.75) is 31.4 Å². The summed E-state index contributed by atoms with van der Waals surface area (Å²) in [6, 6.07) is 5.60. The van der Waals surface area contributed by atoms with E-state index in [2.05, 4.69) is 10.3 Å². The molecule has 0 spiro atoms. The van der Waals surface area contributed by atoms with Crippen LogP contribution in [0.1, 0.15) is 20.8 Å². The molecule has 1 N–H and O–H groups in total. The van der Waals surface area contributed by atoms with E-state index in [1.807, 2.05) is 28.8 Å². The van der Waals surface area contributed by atoms with Gasteiger partial charge in [0.2, 0.25) is 0 Å². The van der Waals surface area contributed by atoms with Crippen LogP contribution in [0.2, 0.25) is 0 Å². The van der Waals surface area contributed by atoms with Crippen molar-refractivity contribution < 1.29 is 13.7 Å². The highest BCUT2D eigenvalue weighted by molar-refractivity contribution is 7.85. The molecule has 0 radical (unpaired) electrons. The third-order valence-electron chi connectivity index (χ3n) is 2.53. The fourth-order valence-electron chi connectivity index (χ4n) is 1.69. The van der Waals surface area contributed by atoms with Crippen molar-refractivity contribution in [2.75, 3.05) is 12.3 Å². The number of fused-ring (bicyclic) bond motifs is 1. The van der Waals surface area contributed by atoms with Gasteiger partial charge in [-0.15, -0.1) is 0 Å². The third-order valence-corrected chi connectivity index (χ3v) is 3.77. The van der Waals surface area contributed by atoms with Gasteiger partial charge in [-0.1, -0.05) is 6.07 Å². The molecule has 0 bridgehead atoms. The normalized spacial score (nSPS) is 13.1. The van der Waals surface area contributed by atoms with E-state index in [1.165, 1.54) is 0 Å². The number of ether oxygens (including phenoxy) is 1. The fraction of sp³-hybridized carbons (Fsp3) is 0.429. The molecule has 2 heterocycles. The van der Waals surface area contributed by atoms with Crippen LogP contribution in [0.5, 0.6) is 0 Å². The van der Waals surface area contributed by atoms with Crippen molar-refractivity contribution in [1.82, 2.24) is 14.7 Å². The maximum Gasteiger partial charge on any atom is 0.407 e. The van der Waals surface area contributed by atoms with Gasteiger partial charge in [-0.25, -0.2) is 9.78 Å². The molecule has 114 valence electrons. The zero-order valence-electron chi connectivity index (χ0n) is 12.3. The van der Waals surface area contributed by atoms with Gasteiger partial charge in [0, 0.05) is 24.7 Å². The molecule has 0 fully saturated rings. The number of nitrogens with one attached hydrogen (secondary N) is 1. The van der Waals surface area contributed by atoms with Crippen LogP contribution < -0.4 is 5.32 Å². The molecule has 0 aromatic carbocycles. The van der Waals surface area contributed by atoms with Gasteiger partial charge < -0.3 is 14.5 Å². The summed E-state index contributed by atoms with van der Waals surface area (Å²) in [5, 5.41) is 3.09. The summed E-state index contributed by atoms with van der Waals surface area (Å²) in [4.78, 5) is 15.8. The fourth-order valence-corrected chi connectivity index (χ4v) is 2.61. The van der Waals surface area contributed by atoms with Gasteiger partial charge in [0.05, 0.1) is 10.8 Å². The Hall–Kier alpha value is -1.89. The van der Waals surface area contributed by atoms with Crippen LogP contribution in [0.3, 0.4) is 0 Å². The van der Waals surface area contributed by atoms with Crippen LogP contribution >= 0.6 is 0 Å². The number of nitrogens with zero attached hydrogens (tertiary/aromatic N) is 2. The Bertz CT molecular complexity index is 628. The molecule has 0 aliphatic rings. The van der Waals surface area contributed by atoms with Gasteiger partial charge in [-0.05, 0) is 32.9 Å². The number of pyridine rings is 1. The number of hydrogen-bond donors (Lipinski definition) is 1. The van der Waals surface area contributed by atoms with E-state index in [9.17, 15) is 9.00 Å². The van der Waals surface area contributed by atoms with Crippen LogP contribution in [0.4, 0.5) is 4.79 Å². The molecule has 0 saturated carbocycles. The Labute approximate surface area is 126 Å². The second-order valence-corrected chi connectivity index (χ2v) is 7.04.